The van der Waals surface area contributed by atoms with E-state index in [4.69, 9.17) is 23.2 Å². The third kappa shape index (κ3) is 1.88. The predicted molar refractivity (Wildman–Crippen MR) is 64.2 cm³/mol. The normalized spacial score (nSPS) is 10.8. The Kier molecular flexibility index (Phi) is 2.82. The maximum absolute atomic E-state index is 11.1. The van der Waals surface area contributed by atoms with Crippen molar-refractivity contribution in [1.82, 2.24) is 9.97 Å². The first kappa shape index (κ1) is 11.3. The summed E-state index contributed by atoms with van der Waals surface area (Å²) in [5.41, 5.74) is 3.20. The van der Waals surface area contributed by atoms with Crippen LogP contribution >= 0.6 is 23.2 Å². The molecule has 0 saturated carbocycles. The number of benzene rings is 1. The molecule has 0 bridgehead atoms. The average Bonchev–Trinajstić information content (AvgIpc) is 2.19. The van der Waals surface area contributed by atoms with E-state index in [1.54, 1.807) is 12.1 Å². The van der Waals surface area contributed by atoms with E-state index in [0.717, 1.165) is 11.4 Å². The van der Waals surface area contributed by atoms with Gasteiger partial charge in [0.25, 0.3) is 5.24 Å². The summed E-state index contributed by atoms with van der Waals surface area (Å²) in [5, 5.41) is -0.294. The molecule has 0 N–H and O–H groups in total. The molecule has 0 aliphatic rings. The number of hydrogen-bond acceptors (Lipinski definition) is 3. The van der Waals surface area contributed by atoms with E-state index in [-0.39, 0.29) is 5.56 Å². The molecule has 0 fully saturated rings. The second-order valence-corrected chi connectivity index (χ2v) is 4.24. The molecular formula is C11H8Cl2N2O. The monoisotopic (exact) mass is 254 g/mol. The molecule has 0 aliphatic carbocycles. The van der Waals surface area contributed by atoms with Gasteiger partial charge < -0.3 is 0 Å². The van der Waals surface area contributed by atoms with Gasteiger partial charge in [0.2, 0.25) is 0 Å². The van der Waals surface area contributed by atoms with Crippen molar-refractivity contribution in [2.75, 3.05) is 0 Å². The summed E-state index contributed by atoms with van der Waals surface area (Å²) >= 11 is 11.3. The number of nitrogens with zero attached hydrogens (tertiary/aromatic N) is 2. The van der Waals surface area contributed by atoms with E-state index in [1.807, 2.05) is 13.8 Å². The number of carbonyl (C=O) groups excluding carboxylic acids is 1. The van der Waals surface area contributed by atoms with E-state index >= 15 is 0 Å². The van der Waals surface area contributed by atoms with Crippen molar-refractivity contribution in [3.63, 3.8) is 0 Å². The zero-order chi connectivity index (χ0) is 11.9. The Morgan fingerprint density at radius 1 is 1.12 bits per heavy atom. The fraction of sp³-hybridized carbons (Fsp3) is 0.182. The van der Waals surface area contributed by atoms with E-state index in [0.29, 0.717) is 16.1 Å². The number of rotatable bonds is 1. The highest BCUT2D eigenvalue weighted by Gasteiger charge is 2.11. The molecule has 0 unspecified atom stereocenters. The Bertz CT molecular complexity index is 596. The Morgan fingerprint density at radius 3 is 2.12 bits per heavy atom. The maximum Gasteiger partial charge on any atom is 0.253 e. The van der Waals surface area contributed by atoms with Crippen LogP contribution in [0.1, 0.15) is 21.7 Å². The minimum Gasteiger partial charge on any atom is -0.276 e. The lowest BCUT2D eigenvalue weighted by Crippen LogP contribution is -1.97. The lowest BCUT2D eigenvalue weighted by Gasteiger charge is -2.04. The molecule has 0 amide bonds. The minimum atomic E-state index is -0.591. The Morgan fingerprint density at radius 2 is 1.62 bits per heavy atom. The van der Waals surface area contributed by atoms with Crippen molar-refractivity contribution >= 4 is 39.5 Å². The quantitative estimate of drug-likeness (QED) is 0.734. The topological polar surface area (TPSA) is 42.9 Å². The summed E-state index contributed by atoms with van der Waals surface area (Å²) in [6.45, 7) is 3.73. The van der Waals surface area contributed by atoms with E-state index < -0.39 is 5.24 Å². The van der Waals surface area contributed by atoms with Gasteiger partial charge in [0.05, 0.1) is 33.0 Å². The number of halogens is 2. The summed E-state index contributed by atoms with van der Waals surface area (Å²) in [7, 11) is 0. The number of aromatic nitrogens is 2. The van der Waals surface area contributed by atoms with Gasteiger partial charge in [-0.15, -0.1) is 0 Å². The van der Waals surface area contributed by atoms with Gasteiger partial charge >= 0.3 is 0 Å². The Balaban J connectivity index is 2.79. The third-order valence-electron chi connectivity index (χ3n) is 2.38. The molecule has 0 aliphatic heterocycles. The molecule has 0 spiro atoms. The van der Waals surface area contributed by atoms with Crippen LogP contribution in [0.2, 0.25) is 5.02 Å². The van der Waals surface area contributed by atoms with Gasteiger partial charge in [0.1, 0.15) is 0 Å². The van der Waals surface area contributed by atoms with Crippen LogP contribution in [0, 0.1) is 13.8 Å². The number of hydrogen-bond donors (Lipinski definition) is 0. The maximum atomic E-state index is 11.1. The highest BCUT2D eigenvalue weighted by molar-refractivity contribution is 6.68. The highest BCUT2D eigenvalue weighted by Crippen LogP contribution is 2.23. The van der Waals surface area contributed by atoms with E-state index in [1.165, 1.54) is 0 Å². The molecule has 16 heavy (non-hydrogen) atoms. The predicted octanol–water partition coefficient (Wildman–Crippen LogP) is 3.28. The van der Waals surface area contributed by atoms with Crippen molar-refractivity contribution in [2.24, 2.45) is 0 Å². The number of fused-ring (bicyclic) bond motifs is 1. The second kappa shape index (κ2) is 4.00. The fourth-order valence-corrected chi connectivity index (χ4v) is 1.85. The molecule has 82 valence electrons. The summed E-state index contributed by atoms with van der Waals surface area (Å²) in [6, 6.07) is 3.17. The fourth-order valence-electron chi connectivity index (χ4n) is 1.40. The van der Waals surface area contributed by atoms with E-state index in [2.05, 4.69) is 9.97 Å². The molecule has 5 heteroatoms. The van der Waals surface area contributed by atoms with Crippen LogP contribution in [0.4, 0.5) is 0 Å². The van der Waals surface area contributed by atoms with Crippen LogP contribution in [0.3, 0.4) is 0 Å². The van der Waals surface area contributed by atoms with Crippen molar-refractivity contribution < 1.29 is 4.79 Å². The van der Waals surface area contributed by atoms with Crippen LogP contribution < -0.4 is 0 Å². The first-order chi connectivity index (χ1) is 7.49. The van der Waals surface area contributed by atoms with Crippen LogP contribution in [0.25, 0.3) is 11.0 Å². The molecule has 0 atom stereocenters. The highest BCUT2D eigenvalue weighted by atomic mass is 35.5. The first-order valence-corrected chi connectivity index (χ1v) is 5.39. The van der Waals surface area contributed by atoms with Crippen LogP contribution in [-0.2, 0) is 0 Å². The third-order valence-corrected chi connectivity index (χ3v) is 2.89. The lowest BCUT2D eigenvalue weighted by molar-refractivity contribution is 0.108. The van der Waals surface area contributed by atoms with Gasteiger partial charge in [0, 0.05) is 0 Å². The van der Waals surface area contributed by atoms with Crippen LogP contribution in [-0.4, -0.2) is 15.2 Å². The Hall–Kier alpha value is -1.19. The molecule has 1 aromatic heterocycles. The molecule has 2 rings (SSSR count). The summed E-state index contributed by atoms with van der Waals surface area (Å²) < 4.78 is 0. The zero-order valence-corrected chi connectivity index (χ0v) is 10.2. The molecule has 1 aromatic carbocycles. The van der Waals surface area contributed by atoms with Crippen molar-refractivity contribution in [1.29, 1.82) is 0 Å². The minimum absolute atomic E-state index is 0.258. The lowest BCUT2D eigenvalue weighted by atomic mass is 10.2. The smallest absolute Gasteiger partial charge is 0.253 e. The summed E-state index contributed by atoms with van der Waals surface area (Å²) in [6.07, 6.45) is 0. The van der Waals surface area contributed by atoms with Gasteiger partial charge in [-0.25, -0.2) is 9.97 Å². The molecule has 1 heterocycles. The number of aryl methyl sites for hydroxylation is 2. The molecule has 0 radical (unpaired) electrons. The standard InChI is InChI=1S/C11H8Cl2N2O/c1-5-6(2)15-10-4-8(12)7(11(13)16)3-9(10)14-5/h3-4H,1-2H3. The van der Waals surface area contributed by atoms with Gasteiger partial charge in [0.15, 0.2) is 0 Å². The SMILES string of the molecule is Cc1nc2cc(Cl)c(C(=O)Cl)cc2nc1C. The van der Waals surface area contributed by atoms with Gasteiger partial charge in [-0.1, -0.05) is 11.6 Å². The molecule has 3 nitrogen and oxygen atoms in total. The van der Waals surface area contributed by atoms with Crippen molar-refractivity contribution in [3.05, 3.63) is 34.1 Å². The van der Waals surface area contributed by atoms with Crippen LogP contribution in [0.15, 0.2) is 12.1 Å². The number of carbonyl (C=O) groups is 1. The summed E-state index contributed by atoms with van der Waals surface area (Å²) in [4.78, 5) is 19.8. The van der Waals surface area contributed by atoms with Crippen molar-refractivity contribution in [3.8, 4) is 0 Å². The van der Waals surface area contributed by atoms with Crippen molar-refractivity contribution in [2.45, 2.75) is 13.8 Å². The van der Waals surface area contributed by atoms with Gasteiger partial charge in [-0.3, -0.25) is 4.79 Å². The van der Waals surface area contributed by atoms with Crippen LogP contribution in [0.5, 0.6) is 0 Å². The molecule has 2 aromatic rings. The van der Waals surface area contributed by atoms with E-state index in [9.17, 15) is 4.79 Å². The molecular weight excluding hydrogens is 247 g/mol. The van der Waals surface area contributed by atoms with Gasteiger partial charge in [-0.05, 0) is 37.6 Å². The average molecular weight is 255 g/mol. The van der Waals surface area contributed by atoms with Gasteiger partial charge in [-0.2, -0.15) is 0 Å². The molecule has 0 saturated heterocycles. The second-order valence-electron chi connectivity index (χ2n) is 3.49. The first-order valence-electron chi connectivity index (χ1n) is 4.63. The Labute approximate surface area is 102 Å². The zero-order valence-electron chi connectivity index (χ0n) is 8.71. The summed E-state index contributed by atoms with van der Waals surface area (Å²) in [5.74, 6) is 0. The largest absolute Gasteiger partial charge is 0.276 e.